The highest BCUT2D eigenvalue weighted by atomic mass is 32.2. The zero-order chi connectivity index (χ0) is 16.0. The highest BCUT2D eigenvalue weighted by Crippen LogP contribution is 2.25. The van der Waals surface area contributed by atoms with Crippen molar-refractivity contribution < 1.29 is 13.7 Å². The van der Waals surface area contributed by atoms with Crippen molar-refractivity contribution in [1.29, 1.82) is 0 Å². The normalized spacial score (nSPS) is 13.8. The quantitative estimate of drug-likeness (QED) is 0.754. The van der Waals surface area contributed by atoms with E-state index in [9.17, 15) is 9.00 Å². The van der Waals surface area contributed by atoms with Gasteiger partial charge in [0.15, 0.2) is 0 Å². The molecule has 0 saturated carbocycles. The van der Waals surface area contributed by atoms with Crippen LogP contribution >= 0.6 is 0 Å². The number of nitrogen functional groups attached to an aromatic ring is 1. The van der Waals surface area contributed by atoms with E-state index in [0.717, 1.165) is 0 Å². The minimum absolute atomic E-state index is 0.233. The molecule has 0 aliphatic carbocycles. The predicted octanol–water partition coefficient (Wildman–Crippen LogP) is 1.94. The number of nitrogens with one attached hydrogen (secondary N) is 1. The van der Waals surface area contributed by atoms with Gasteiger partial charge in [-0.15, -0.1) is 0 Å². The van der Waals surface area contributed by atoms with E-state index in [1.54, 1.807) is 25.1 Å². The fourth-order valence-electron chi connectivity index (χ4n) is 1.68. The Kier molecular flexibility index (Phi) is 6.68. The maximum atomic E-state index is 12.5. The number of carbonyl (C=O) groups excluding carboxylic acids is 1. The number of anilines is 1. The van der Waals surface area contributed by atoms with Gasteiger partial charge in [0.2, 0.25) is 5.91 Å². The lowest BCUT2D eigenvalue weighted by atomic mass is 10.2. The average Bonchev–Trinajstić information content (AvgIpc) is 2.45. The van der Waals surface area contributed by atoms with Crippen LogP contribution in [0.3, 0.4) is 0 Å². The lowest BCUT2D eigenvalue weighted by Gasteiger charge is -2.15. The topological polar surface area (TPSA) is 81.4 Å². The fourth-order valence-corrected chi connectivity index (χ4v) is 2.87. The van der Waals surface area contributed by atoms with Crippen LogP contribution in [-0.2, 0) is 15.6 Å². The molecule has 0 radical (unpaired) electrons. The summed E-state index contributed by atoms with van der Waals surface area (Å²) in [4.78, 5) is 12.4. The zero-order valence-corrected chi connectivity index (χ0v) is 13.8. The molecule has 3 N–H and O–H groups in total. The molecule has 5 nitrogen and oxygen atoms in total. The number of carbonyl (C=O) groups is 1. The van der Waals surface area contributed by atoms with Gasteiger partial charge >= 0.3 is 0 Å². The van der Waals surface area contributed by atoms with E-state index in [1.165, 1.54) is 0 Å². The first kappa shape index (κ1) is 17.5. The molecule has 6 heteroatoms. The number of nitrogens with two attached hydrogens (primary N) is 1. The van der Waals surface area contributed by atoms with Crippen molar-refractivity contribution in [2.24, 2.45) is 5.92 Å². The second-order valence-corrected chi connectivity index (χ2v) is 6.95. The Morgan fingerprint density at radius 2 is 2.05 bits per heavy atom. The third-order valence-electron chi connectivity index (χ3n) is 2.89. The molecule has 0 aliphatic rings. The minimum atomic E-state index is -1.52. The zero-order valence-electron chi connectivity index (χ0n) is 13.0. The number of hydrogen-bond donors (Lipinski definition) is 2. The number of hydrogen-bond acceptors (Lipinski definition) is 4. The Bertz CT molecular complexity index is 518. The summed E-state index contributed by atoms with van der Waals surface area (Å²) in [7, 11) is -1.52. The maximum absolute atomic E-state index is 12.5. The first-order valence-electron chi connectivity index (χ1n) is 7.07. The van der Waals surface area contributed by atoms with Crippen molar-refractivity contribution in [2.45, 2.75) is 37.8 Å². The fraction of sp³-hybridized carbons (Fsp3) is 0.533. The summed E-state index contributed by atoms with van der Waals surface area (Å²) in [5.41, 5.74) is 6.27. The second kappa shape index (κ2) is 8.02. The summed E-state index contributed by atoms with van der Waals surface area (Å²) < 4.78 is 17.9. The molecule has 0 fully saturated rings. The van der Waals surface area contributed by atoms with Gasteiger partial charge < -0.3 is 15.8 Å². The van der Waals surface area contributed by atoms with E-state index in [0.29, 0.717) is 35.4 Å². The first-order valence-corrected chi connectivity index (χ1v) is 8.28. The minimum Gasteiger partial charge on any atom is -0.494 e. The molecule has 0 aliphatic heterocycles. The monoisotopic (exact) mass is 312 g/mol. The Morgan fingerprint density at radius 1 is 1.38 bits per heavy atom. The van der Waals surface area contributed by atoms with Crippen LogP contribution < -0.4 is 15.8 Å². The SMILES string of the molecule is CCOc1ccc(N)c(S(=O)C(C)C(=O)NCC(C)C)c1. The Balaban J connectivity index is 2.86. The van der Waals surface area contributed by atoms with Crippen molar-refractivity contribution >= 4 is 22.4 Å². The summed E-state index contributed by atoms with van der Waals surface area (Å²) in [6.07, 6.45) is 0. The molecule has 0 bridgehead atoms. The molecule has 1 aromatic rings. The predicted molar refractivity (Wildman–Crippen MR) is 85.7 cm³/mol. The summed E-state index contributed by atoms with van der Waals surface area (Å²) in [5, 5.41) is 2.12. The molecule has 0 heterocycles. The summed E-state index contributed by atoms with van der Waals surface area (Å²) in [6, 6.07) is 5.02. The first-order chi connectivity index (χ1) is 9.86. The third-order valence-corrected chi connectivity index (χ3v) is 4.53. The summed E-state index contributed by atoms with van der Waals surface area (Å²) in [5.74, 6) is 0.717. The van der Waals surface area contributed by atoms with Crippen LogP contribution in [0.25, 0.3) is 0 Å². The highest BCUT2D eigenvalue weighted by Gasteiger charge is 2.23. The van der Waals surface area contributed by atoms with Gasteiger partial charge in [-0.05, 0) is 38.0 Å². The van der Waals surface area contributed by atoms with Gasteiger partial charge in [-0.2, -0.15) is 0 Å². The van der Waals surface area contributed by atoms with Crippen LogP contribution in [0.2, 0.25) is 0 Å². The lowest BCUT2D eigenvalue weighted by molar-refractivity contribution is -0.120. The lowest BCUT2D eigenvalue weighted by Crippen LogP contribution is -2.37. The van der Waals surface area contributed by atoms with E-state index in [1.807, 2.05) is 20.8 Å². The molecular formula is C15H24N2O3S. The summed E-state index contributed by atoms with van der Waals surface area (Å²) >= 11 is 0. The molecule has 2 atom stereocenters. The molecular weight excluding hydrogens is 288 g/mol. The standard InChI is InChI=1S/C15H24N2O3S/c1-5-20-12-6-7-13(16)14(8-12)21(19)11(4)15(18)17-9-10(2)3/h6-8,10-11H,5,9,16H2,1-4H3,(H,17,18). The molecule has 2 unspecified atom stereocenters. The molecule has 1 rings (SSSR count). The number of amides is 1. The van der Waals surface area contributed by atoms with E-state index in [2.05, 4.69) is 5.32 Å². The van der Waals surface area contributed by atoms with Crippen molar-refractivity contribution in [3.8, 4) is 5.75 Å². The van der Waals surface area contributed by atoms with Crippen LogP contribution in [0, 0.1) is 5.92 Å². The Labute approximate surface area is 128 Å². The molecule has 0 spiro atoms. The van der Waals surface area contributed by atoms with Gasteiger partial charge in [0.25, 0.3) is 0 Å². The molecule has 1 aromatic carbocycles. The van der Waals surface area contributed by atoms with E-state index in [-0.39, 0.29) is 5.91 Å². The maximum Gasteiger partial charge on any atom is 0.235 e. The van der Waals surface area contributed by atoms with Crippen LogP contribution in [-0.4, -0.2) is 28.5 Å². The van der Waals surface area contributed by atoms with Crippen LogP contribution in [0.15, 0.2) is 23.1 Å². The van der Waals surface area contributed by atoms with Gasteiger partial charge in [0.1, 0.15) is 11.0 Å². The highest BCUT2D eigenvalue weighted by molar-refractivity contribution is 7.86. The Hall–Kier alpha value is -1.56. The van der Waals surface area contributed by atoms with E-state index in [4.69, 9.17) is 10.5 Å². The van der Waals surface area contributed by atoms with Crippen LogP contribution in [0.5, 0.6) is 5.75 Å². The van der Waals surface area contributed by atoms with Crippen LogP contribution in [0.1, 0.15) is 27.7 Å². The smallest absolute Gasteiger partial charge is 0.235 e. The molecule has 0 saturated heterocycles. The number of ether oxygens (including phenoxy) is 1. The van der Waals surface area contributed by atoms with Gasteiger partial charge in [-0.1, -0.05) is 13.8 Å². The van der Waals surface area contributed by atoms with Gasteiger partial charge in [0, 0.05) is 12.2 Å². The number of benzene rings is 1. The molecule has 118 valence electrons. The molecule has 21 heavy (non-hydrogen) atoms. The van der Waals surface area contributed by atoms with E-state index >= 15 is 0 Å². The van der Waals surface area contributed by atoms with Crippen molar-refractivity contribution in [1.82, 2.24) is 5.32 Å². The largest absolute Gasteiger partial charge is 0.494 e. The summed E-state index contributed by atoms with van der Waals surface area (Å²) in [6.45, 7) is 8.60. The number of rotatable bonds is 7. The molecule has 0 aromatic heterocycles. The van der Waals surface area contributed by atoms with Gasteiger partial charge in [-0.25, -0.2) is 0 Å². The van der Waals surface area contributed by atoms with Crippen molar-refractivity contribution in [2.75, 3.05) is 18.9 Å². The van der Waals surface area contributed by atoms with Crippen LogP contribution in [0.4, 0.5) is 5.69 Å². The van der Waals surface area contributed by atoms with E-state index < -0.39 is 16.0 Å². The van der Waals surface area contributed by atoms with Gasteiger partial charge in [0.05, 0.1) is 22.3 Å². The second-order valence-electron chi connectivity index (χ2n) is 5.21. The van der Waals surface area contributed by atoms with Crippen molar-refractivity contribution in [3.63, 3.8) is 0 Å². The Morgan fingerprint density at radius 3 is 2.62 bits per heavy atom. The van der Waals surface area contributed by atoms with Crippen molar-refractivity contribution in [3.05, 3.63) is 18.2 Å². The average molecular weight is 312 g/mol. The molecule has 1 amide bonds. The third kappa shape index (κ3) is 5.04. The van der Waals surface area contributed by atoms with Gasteiger partial charge in [-0.3, -0.25) is 9.00 Å².